The van der Waals surface area contributed by atoms with Gasteiger partial charge in [-0.15, -0.1) is 0 Å². The average molecular weight is 814 g/mol. The van der Waals surface area contributed by atoms with Gasteiger partial charge in [-0.05, 0) is 89.9 Å². The van der Waals surface area contributed by atoms with Gasteiger partial charge < -0.3 is 20.3 Å². The third-order valence-corrected chi connectivity index (χ3v) is 11.1. The fourth-order valence-corrected chi connectivity index (χ4v) is 7.20. The normalized spacial score (nSPS) is 13.1. The number of amides is 1. The van der Waals surface area contributed by atoms with Gasteiger partial charge in [-0.25, -0.2) is 0 Å². The molecule has 0 radical (unpaired) electrons. The molecule has 58 heavy (non-hydrogen) atoms. The fraction of sp³-hybridized carbons (Fsp3) is 0.808. The van der Waals surface area contributed by atoms with Gasteiger partial charge in [0.05, 0.1) is 25.4 Å². The van der Waals surface area contributed by atoms with E-state index in [1.165, 1.54) is 141 Å². The summed E-state index contributed by atoms with van der Waals surface area (Å²) in [6.45, 7) is 4.81. The highest BCUT2D eigenvalue weighted by Gasteiger charge is 2.18. The first-order valence-corrected chi connectivity index (χ1v) is 24.9. The summed E-state index contributed by atoms with van der Waals surface area (Å²) in [6, 6.07) is -0.644. The summed E-state index contributed by atoms with van der Waals surface area (Å²) in [6.07, 6.45) is 58.2. The van der Waals surface area contributed by atoms with Crippen molar-refractivity contribution in [3.8, 4) is 0 Å². The maximum atomic E-state index is 12.4. The maximum Gasteiger partial charge on any atom is 0.305 e. The van der Waals surface area contributed by atoms with Crippen molar-refractivity contribution in [2.24, 2.45) is 0 Å². The molecule has 0 aliphatic rings. The van der Waals surface area contributed by atoms with Gasteiger partial charge in [0.15, 0.2) is 0 Å². The smallest absolute Gasteiger partial charge is 0.305 e. The van der Waals surface area contributed by atoms with Crippen LogP contribution in [0, 0.1) is 0 Å². The summed E-state index contributed by atoms with van der Waals surface area (Å²) in [7, 11) is 0. The number of nitrogens with one attached hydrogen (secondary N) is 1. The second-order valence-electron chi connectivity index (χ2n) is 16.8. The molecule has 1 amide bonds. The zero-order valence-corrected chi connectivity index (χ0v) is 38.3. The first-order valence-electron chi connectivity index (χ1n) is 24.9. The Kier molecular flexibility index (Phi) is 45.7. The van der Waals surface area contributed by atoms with Crippen molar-refractivity contribution in [3.05, 3.63) is 48.6 Å². The number of aliphatic hydroxyl groups excluding tert-OH is 2. The number of rotatable bonds is 45. The lowest BCUT2D eigenvalue weighted by Crippen LogP contribution is -2.45. The zero-order valence-electron chi connectivity index (χ0n) is 38.3. The molecule has 0 spiro atoms. The number of esters is 1. The van der Waals surface area contributed by atoms with Crippen LogP contribution in [0.1, 0.15) is 245 Å². The van der Waals surface area contributed by atoms with Crippen molar-refractivity contribution in [2.75, 3.05) is 13.2 Å². The number of carbonyl (C=O) groups is 2. The first-order chi connectivity index (χ1) is 28.5. The van der Waals surface area contributed by atoms with Gasteiger partial charge in [-0.3, -0.25) is 9.59 Å². The number of hydrogen-bond acceptors (Lipinski definition) is 5. The third kappa shape index (κ3) is 43.4. The minimum Gasteiger partial charge on any atom is -0.466 e. The van der Waals surface area contributed by atoms with E-state index >= 15 is 0 Å². The standard InChI is InChI=1S/C52H95NO5/c1-3-5-7-9-11-13-15-16-18-22-26-30-34-38-42-46-52(57)58-47-43-39-35-31-27-23-20-17-19-21-25-29-33-37-41-45-51(56)53-49(48-54)50(55)44-40-36-32-28-24-14-12-10-8-6-4-2/h16-18,20,23,27,40,44,49-50,54-55H,3-15,19,21-22,24-26,28-39,41-43,45-48H2,1-2H3,(H,53,56)/b18-16-,20-17-,27-23-,44-40+. The van der Waals surface area contributed by atoms with Gasteiger partial charge in [0.2, 0.25) is 5.91 Å². The molecule has 0 aromatic rings. The molecule has 6 heteroatoms. The maximum absolute atomic E-state index is 12.4. The minimum atomic E-state index is -0.858. The summed E-state index contributed by atoms with van der Waals surface area (Å²) in [5, 5.41) is 22.9. The second-order valence-corrected chi connectivity index (χ2v) is 16.8. The lowest BCUT2D eigenvalue weighted by molar-refractivity contribution is -0.143. The fourth-order valence-electron chi connectivity index (χ4n) is 7.20. The van der Waals surface area contributed by atoms with Crippen LogP contribution in [0.15, 0.2) is 48.6 Å². The highest BCUT2D eigenvalue weighted by Crippen LogP contribution is 2.13. The van der Waals surface area contributed by atoms with Crippen LogP contribution in [0.25, 0.3) is 0 Å². The van der Waals surface area contributed by atoms with E-state index in [2.05, 4.69) is 55.6 Å². The Morgan fingerprint density at radius 3 is 1.33 bits per heavy atom. The van der Waals surface area contributed by atoms with Gasteiger partial charge in [0.25, 0.3) is 0 Å². The molecule has 0 saturated heterocycles. The van der Waals surface area contributed by atoms with Crippen molar-refractivity contribution in [1.82, 2.24) is 5.32 Å². The van der Waals surface area contributed by atoms with Gasteiger partial charge in [-0.2, -0.15) is 0 Å². The van der Waals surface area contributed by atoms with Gasteiger partial charge in [-0.1, -0.05) is 191 Å². The Balaban J connectivity index is 3.56. The zero-order chi connectivity index (χ0) is 42.3. The van der Waals surface area contributed by atoms with Gasteiger partial charge >= 0.3 is 5.97 Å². The van der Waals surface area contributed by atoms with Crippen LogP contribution >= 0.6 is 0 Å². The summed E-state index contributed by atoms with van der Waals surface area (Å²) >= 11 is 0. The number of carbonyl (C=O) groups excluding carboxylic acids is 2. The highest BCUT2D eigenvalue weighted by molar-refractivity contribution is 5.76. The van der Waals surface area contributed by atoms with Crippen LogP contribution in [-0.2, 0) is 14.3 Å². The van der Waals surface area contributed by atoms with Crippen LogP contribution in [0.5, 0.6) is 0 Å². The van der Waals surface area contributed by atoms with E-state index in [0.29, 0.717) is 19.4 Å². The van der Waals surface area contributed by atoms with Crippen LogP contribution < -0.4 is 5.32 Å². The topological polar surface area (TPSA) is 95.9 Å². The predicted molar refractivity (Wildman–Crippen MR) is 250 cm³/mol. The van der Waals surface area contributed by atoms with Crippen LogP contribution in [-0.4, -0.2) is 47.4 Å². The van der Waals surface area contributed by atoms with Crippen molar-refractivity contribution < 1.29 is 24.5 Å². The van der Waals surface area contributed by atoms with E-state index in [9.17, 15) is 19.8 Å². The van der Waals surface area contributed by atoms with Gasteiger partial charge in [0.1, 0.15) is 0 Å². The van der Waals surface area contributed by atoms with Crippen molar-refractivity contribution in [2.45, 2.75) is 257 Å². The van der Waals surface area contributed by atoms with Crippen molar-refractivity contribution in [1.29, 1.82) is 0 Å². The molecule has 0 saturated carbocycles. The molecule has 0 aliphatic carbocycles. The summed E-state index contributed by atoms with van der Waals surface area (Å²) < 4.78 is 5.43. The van der Waals surface area contributed by atoms with E-state index in [4.69, 9.17) is 4.74 Å². The number of aliphatic hydroxyl groups is 2. The number of unbranched alkanes of at least 4 members (excludes halogenated alkanes) is 29. The van der Waals surface area contributed by atoms with E-state index in [1.54, 1.807) is 6.08 Å². The molecule has 6 nitrogen and oxygen atoms in total. The molecule has 0 rings (SSSR count). The van der Waals surface area contributed by atoms with Crippen LogP contribution in [0.3, 0.4) is 0 Å². The van der Waals surface area contributed by atoms with Crippen molar-refractivity contribution in [3.63, 3.8) is 0 Å². The molecule has 0 aliphatic heterocycles. The minimum absolute atomic E-state index is 0.0320. The molecular weight excluding hydrogens is 719 g/mol. The summed E-state index contributed by atoms with van der Waals surface area (Å²) in [5.41, 5.74) is 0. The number of hydrogen-bond donors (Lipinski definition) is 3. The van der Waals surface area contributed by atoms with Crippen LogP contribution in [0.2, 0.25) is 0 Å². The predicted octanol–water partition coefficient (Wildman–Crippen LogP) is 14.7. The molecule has 0 aromatic heterocycles. The molecule has 338 valence electrons. The largest absolute Gasteiger partial charge is 0.466 e. The first kappa shape index (κ1) is 55.8. The number of ether oxygens (including phenoxy) is 1. The molecule has 2 atom stereocenters. The quantitative estimate of drug-likeness (QED) is 0.0246. The third-order valence-electron chi connectivity index (χ3n) is 11.1. The molecule has 2 unspecified atom stereocenters. The molecule has 0 heterocycles. The van der Waals surface area contributed by atoms with E-state index < -0.39 is 12.1 Å². The molecule has 0 fully saturated rings. The Morgan fingerprint density at radius 2 is 0.862 bits per heavy atom. The highest BCUT2D eigenvalue weighted by atomic mass is 16.5. The van der Waals surface area contributed by atoms with E-state index in [1.807, 2.05) is 6.08 Å². The van der Waals surface area contributed by atoms with E-state index in [0.717, 1.165) is 77.0 Å². The molecular formula is C52H95NO5. The average Bonchev–Trinajstić information content (AvgIpc) is 3.22. The van der Waals surface area contributed by atoms with E-state index in [-0.39, 0.29) is 18.5 Å². The SMILES string of the molecule is CCCCCCCC/C=C\CCCCCCCC(=O)OCCCCC/C=C\C=C/CCCCCCCCC(=O)NC(CO)C(O)/C=C/CCCCCCCCCCC. The molecule has 0 bridgehead atoms. The second kappa shape index (κ2) is 47.5. The molecule has 3 N–H and O–H groups in total. The van der Waals surface area contributed by atoms with Gasteiger partial charge in [0, 0.05) is 12.8 Å². The van der Waals surface area contributed by atoms with Crippen molar-refractivity contribution >= 4 is 11.9 Å². The molecule has 0 aromatic carbocycles. The Hall–Kier alpha value is -2.18. The van der Waals surface area contributed by atoms with Crippen LogP contribution in [0.4, 0.5) is 0 Å². The Labute approximate surface area is 359 Å². The lowest BCUT2D eigenvalue weighted by Gasteiger charge is -2.20. The number of allylic oxidation sites excluding steroid dienone is 7. The Morgan fingerprint density at radius 1 is 0.483 bits per heavy atom. The Bertz CT molecular complexity index is 988. The monoisotopic (exact) mass is 814 g/mol. The summed E-state index contributed by atoms with van der Waals surface area (Å²) in [5.74, 6) is -0.126. The lowest BCUT2D eigenvalue weighted by atomic mass is 10.1. The summed E-state index contributed by atoms with van der Waals surface area (Å²) in [4.78, 5) is 24.4.